The van der Waals surface area contributed by atoms with E-state index in [-0.39, 0.29) is 6.54 Å². The van der Waals surface area contributed by atoms with Crippen molar-refractivity contribution in [3.05, 3.63) is 47.5 Å². The zero-order chi connectivity index (χ0) is 15.0. The maximum absolute atomic E-state index is 11.1. The minimum atomic E-state index is -0.936. The summed E-state index contributed by atoms with van der Waals surface area (Å²) < 4.78 is 1.64. The molecule has 3 rings (SSSR count). The second-order valence-electron chi connectivity index (χ2n) is 4.67. The summed E-state index contributed by atoms with van der Waals surface area (Å²) in [4.78, 5) is 15.6. The summed E-state index contributed by atoms with van der Waals surface area (Å²) in [6, 6.07) is 12.4. The molecule has 1 aromatic heterocycles. The number of nitrogens with two attached hydrogens (primary N) is 1. The zero-order valence-corrected chi connectivity index (χ0v) is 11.7. The van der Waals surface area contributed by atoms with Crippen LogP contribution in [0.1, 0.15) is 0 Å². The average molecular weight is 302 g/mol. The lowest BCUT2D eigenvalue weighted by atomic mass is 10.2. The largest absolute Gasteiger partial charge is 0.480 e. The number of halogens is 1. The van der Waals surface area contributed by atoms with Crippen LogP contribution in [0.4, 0.5) is 5.69 Å². The molecule has 0 saturated carbocycles. The number of nitrogen functional groups attached to an aromatic ring is 1. The first-order valence-corrected chi connectivity index (χ1v) is 6.66. The molecule has 6 heteroatoms. The normalized spacial score (nSPS) is 10.9. The van der Waals surface area contributed by atoms with Crippen LogP contribution >= 0.6 is 11.6 Å². The van der Waals surface area contributed by atoms with Gasteiger partial charge in [0.05, 0.1) is 11.0 Å². The van der Waals surface area contributed by atoms with Crippen LogP contribution in [0.5, 0.6) is 0 Å². The van der Waals surface area contributed by atoms with Crippen molar-refractivity contribution in [2.24, 2.45) is 0 Å². The summed E-state index contributed by atoms with van der Waals surface area (Å²) in [5.74, 6) is -0.380. The van der Waals surface area contributed by atoms with Gasteiger partial charge in [-0.15, -0.1) is 0 Å². The van der Waals surface area contributed by atoms with Crippen LogP contribution in [-0.4, -0.2) is 20.6 Å². The van der Waals surface area contributed by atoms with Gasteiger partial charge in [-0.3, -0.25) is 4.79 Å². The molecule has 0 aliphatic rings. The summed E-state index contributed by atoms with van der Waals surface area (Å²) in [6.45, 7) is -0.178. The molecule has 0 fully saturated rings. The third kappa shape index (κ3) is 2.55. The van der Waals surface area contributed by atoms with Crippen molar-refractivity contribution in [1.29, 1.82) is 0 Å². The van der Waals surface area contributed by atoms with Crippen molar-refractivity contribution in [3.63, 3.8) is 0 Å². The number of aromatic nitrogens is 2. The lowest BCUT2D eigenvalue weighted by Gasteiger charge is -2.06. The van der Waals surface area contributed by atoms with Gasteiger partial charge in [-0.1, -0.05) is 23.7 Å². The maximum atomic E-state index is 11.1. The van der Waals surface area contributed by atoms with Crippen LogP contribution in [0.3, 0.4) is 0 Å². The SMILES string of the molecule is Nc1ccc2c(c1)nc(-c1cccc(Cl)c1)n2CC(=O)O. The van der Waals surface area contributed by atoms with E-state index in [1.165, 1.54) is 0 Å². The maximum Gasteiger partial charge on any atom is 0.323 e. The third-order valence-corrected chi connectivity index (χ3v) is 3.38. The van der Waals surface area contributed by atoms with E-state index in [1.807, 2.05) is 6.07 Å². The molecule has 0 amide bonds. The summed E-state index contributed by atoms with van der Waals surface area (Å²) in [7, 11) is 0. The zero-order valence-electron chi connectivity index (χ0n) is 11.0. The van der Waals surface area contributed by atoms with Crippen molar-refractivity contribution in [1.82, 2.24) is 9.55 Å². The van der Waals surface area contributed by atoms with Crippen molar-refractivity contribution in [3.8, 4) is 11.4 Å². The molecule has 0 aliphatic carbocycles. The molecule has 3 aromatic rings. The van der Waals surface area contributed by atoms with E-state index in [9.17, 15) is 4.79 Å². The van der Waals surface area contributed by atoms with Crippen LogP contribution in [0, 0.1) is 0 Å². The Balaban J connectivity index is 2.27. The number of rotatable bonds is 3. The first-order valence-electron chi connectivity index (χ1n) is 6.28. The number of nitrogens with zero attached hydrogens (tertiary/aromatic N) is 2. The van der Waals surface area contributed by atoms with Crippen molar-refractivity contribution in [2.75, 3.05) is 5.73 Å². The van der Waals surface area contributed by atoms with Gasteiger partial charge in [0.25, 0.3) is 0 Å². The molecule has 5 nitrogen and oxygen atoms in total. The second kappa shape index (κ2) is 5.10. The van der Waals surface area contributed by atoms with E-state index >= 15 is 0 Å². The highest BCUT2D eigenvalue weighted by Crippen LogP contribution is 2.27. The number of hydrogen-bond donors (Lipinski definition) is 2. The average Bonchev–Trinajstić information content (AvgIpc) is 2.76. The topological polar surface area (TPSA) is 81.1 Å². The fourth-order valence-corrected chi connectivity index (χ4v) is 2.48. The Morgan fingerprint density at radius 1 is 1.29 bits per heavy atom. The third-order valence-electron chi connectivity index (χ3n) is 3.15. The van der Waals surface area contributed by atoms with Crippen LogP contribution in [0.15, 0.2) is 42.5 Å². The molecule has 1 heterocycles. The highest BCUT2D eigenvalue weighted by atomic mass is 35.5. The minimum Gasteiger partial charge on any atom is -0.480 e. The van der Waals surface area contributed by atoms with Gasteiger partial charge in [0.15, 0.2) is 0 Å². The van der Waals surface area contributed by atoms with Gasteiger partial charge < -0.3 is 15.4 Å². The molecular weight excluding hydrogens is 290 g/mol. The molecular formula is C15H12ClN3O2. The number of carboxylic acids is 1. The molecule has 0 saturated heterocycles. The molecule has 21 heavy (non-hydrogen) atoms. The van der Waals surface area contributed by atoms with Crippen LogP contribution in [0.25, 0.3) is 22.4 Å². The van der Waals surface area contributed by atoms with Crippen molar-refractivity contribution < 1.29 is 9.90 Å². The Labute approximate surface area is 125 Å². The predicted octanol–water partition coefficient (Wildman–Crippen LogP) is 3.02. The summed E-state index contributed by atoms with van der Waals surface area (Å²) >= 11 is 6.00. The first kappa shape index (κ1) is 13.5. The fraction of sp³-hybridized carbons (Fsp3) is 0.0667. The van der Waals surface area contributed by atoms with Gasteiger partial charge in [-0.25, -0.2) is 4.98 Å². The van der Waals surface area contributed by atoms with E-state index in [0.717, 1.165) is 11.1 Å². The molecule has 0 aliphatic heterocycles. The van der Waals surface area contributed by atoms with Crippen molar-refractivity contribution in [2.45, 2.75) is 6.54 Å². The second-order valence-corrected chi connectivity index (χ2v) is 5.11. The van der Waals surface area contributed by atoms with E-state index in [1.54, 1.807) is 41.0 Å². The molecule has 0 spiro atoms. The Morgan fingerprint density at radius 2 is 2.10 bits per heavy atom. The lowest BCUT2D eigenvalue weighted by Crippen LogP contribution is -2.10. The predicted molar refractivity (Wildman–Crippen MR) is 82.2 cm³/mol. The molecule has 0 unspecified atom stereocenters. The van der Waals surface area contributed by atoms with E-state index in [0.29, 0.717) is 22.1 Å². The molecule has 0 atom stereocenters. The Kier molecular flexibility index (Phi) is 3.27. The molecule has 0 bridgehead atoms. The number of benzene rings is 2. The Morgan fingerprint density at radius 3 is 2.81 bits per heavy atom. The number of fused-ring (bicyclic) bond motifs is 1. The number of hydrogen-bond acceptors (Lipinski definition) is 3. The highest BCUT2D eigenvalue weighted by Gasteiger charge is 2.15. The Bertz CT molecular complexity index is 842. The van der Waals surface area contributed by atoms with Gasteiger partial charge in [0.2, 0.25) is 0 Å². The summed E-state index contributed by atoms with van der Waals surface area (Å²) in [5.41, 5.74) is 8.49. The van der Waals surface area contributed by atoms with E-state index in [4.69, 9.17) is 22.4 Å². The molecule has 3 N–H and O–H groups in total. The van der Waals surface area contributed by atoms with Crippen LogP contribution in [0.2, 0.25) is 5.02 Å². The molecule has 2 aromatic carbocycles. The number of carboxylic acid groups (broad SMARTS) is 1. The number of anilines is 1. The van der Waals surface area contributed by atoms with E-state index in [2.05, 4.69) is 4.98 Å². The molecule has 0 radical (unpaired) electrons. The monoisotopic (exact) mass is 301 g/mol. The number of imidazole rings is 1. The van der Waals surface area contributed by atoms with Gasteiger partial charge in [0.1, 0.15) is 12.4 Å². The van der Waals surface area contributed by atoms with Crippen LogP contribution in [-0.2, 0) is 11.3 Å². The molecule has 106 valence electrons. The quantitative estimate of drug-likeness (QED) is 0.729. The number of aliphatic carboxylic acids is 1. The summed E-state index contributed by atoms with van der Waals surface area (Å²) in [5, 5.41) is 9.70. The number of carbonyl (C=O) groups is 1. The van der Waals surface area contributed by atoms with Gasteiger partial charge in [-0.05, 0) is 30.3 Å². The van der Waals surface area contributed by atoms with Gasteiger partial charge >= 0.3 is 5.97 Å². The summed E-state index contributed by atoms with van der Waals surface area (Å²) in [6.07, 6.45) is 0. The van der Waals surface area contributed by atoms with E-state index < -0.39 is 5.97 Å². The van der Waals surface area contributed by atoms with Gasteiger partial charge in [-0.2, -0.15) is 0 Å². The smallest absolute Gasteiger partial charge is 0.323 e. The first-order chi connectivity index (χ1) is 10.0. The fourth-order valence-electron chi connectivity index (χ4n) is 2.29. The van der Waals surface area contributed by atoms with Crippen LogP contribution < -0.4 is 5.73 Å². The highest BCUT2D eigenvalue weighted by molar-refractivity contribution is 6.30. The van der Waals surface area contributed by atoms with Gasteiger partial charge in [0, 0.05) is 16.3 Å². The standard InChI is InChI=1S/C15H12ClN3O2/c16-10-3-1-2-9(6-10)15-18-12-7-11(17)4-5-13(12)19(15)8-14(20)21/h1-7H,8,17H2,(H,20,21). The van der Waals surface area contributed by atoms with Crippen molar-refractivity contribution >= 4 is 34.3 Å². The minimum absolute atomic E-state index is 0.178. The lowest BCUT2D eigenvalue weighted by molar-refractivity contribution is -0.137. The Hall–Kier alpha value is -2.53.